The van der Waals surface area contributed by atoms with Gasteiger partial charge in [-0.05, 0) is 12.8 Å². The van der Waals surface area contributed by atoms with Crippen molar-refractivity contribution in [3.63, 3.8) is 0 Å². The molecular weight excluding hydrogens is 222 g/mol. The number of hydrogen-bond acceptors (Lipinski definition) is 4. The summed E-state index contributed by atoms with van der Waals surface area (Å²) in [4.78, 5) is 21.9. The van der Waals surface area contributed by atoms with Crippen molar-refractivity contribution in [3.05, 3.63) is 0 Å². The number of rotatable bonds is 2. The van der Waals surface area contributed by atoms with Gasteiger partial charge < -0.3 is 10.4 Å². The number of hydrogen-bond donors (Lipinski definition) is 2. The fraction of sp³-hybridized carbons (Fsp3) is 0.750. The van der Waals surface area contributed by atoms with Crippen molar-refractivity contribution in [1.82, 2.24) is 5.32 Å². The highest BCUT2D eigenvalue weighted by molar-refractivity contribution is 7.91. The Balaban J connectivity index is 2.87. The minimum atomic E-state index is -3.14. The van der Waals surface area contributed by atoms with Crippen LogP contribution in [-0.2, 0) is 19.4 Å². The van der Waals surface area contributed by atoms with E-state index in [2.05, 4.69) is 5.32 Å². The number of aliphatic carboxylic acids is 1. The average Bonchev–Trinajstić information content (AvgIpc) is 2.08. The molecule has 1 fully saturated rings. The maximum Gasteiger partial charge on any atom is 0.329 e. The number of sulfone groups is 1. The van der Waals surface area contributed by atoms with Gasteiger partial charge in [0, 0.05) is 6.92 Å². The summed E-state index contributed by atoms with van der Waals surface area (Å²) >= 11 is 0. The Morgan fingerprint density at radius 1 is 1.27 bits per heavy atom. The fourth-order valence-corrected chi connectivity index (χ4v) is 3.14. The van der Waals surface area contributed by atoms with Crippen molar-refractivity contribution in [3.8, 4) is 0 Å². The maximum absolute atomic E-state index is 11.1. The summed E-state index contributed by atoms with van der Waals surface area (Å²) in [7, 11) is -3.14. The van der Waals surface area contributed by atoms with Crippen LogP contribution in [0.25, 0.3) is 0 Å². The summed E-state index contributed by atoms with van der Waals surface area (Å²) < 4.78 is 22.3. The highest BCUT2D eigenvalue weighted by Crippen LogP contribution is 2.24. The zero-order valence-corrected chi connectivity index (χ0v) is 9.13. The number of carboxylic acids is 1. The van der Waals surface area contributed by atoms with Crippen LogP contribution in [0.5, 0.6) is 0 Å². The van der Waals surface area contributed by atoms with Gasteiger partial charge in [-0.1, -0.05) is 0 Å². The number of carboxylic acid groups (broad SMARTS) is 1. The third kappa shape index (κ3) is 2.68. The molecule has 0 unspecified atom stereocenters. The quantitative estimate of drug-likeness (QED) is 0.649. The Bertz CT molecular complexity index is 372. The van der Waals surface area contributed by atoms with E-state index in [0.717, 1.165) is 0 Å². The number of carbonyl (C=O) groups is 2. The van der Waals surface area contributed by atoms with E-state index in [9.17, 15) is 18.0 Å². The molecule has 1 amide bonds. The molecule has 86 valence electrons. The van der Waals surface area contributed by atoms with Gasteiger partial charge in [0.2, 0.25) is 5.91 Å². The summed E-state index contributed by atoms with van der Waals surface area (Å²) in [5.74, 6) is -2.02. The number of amides is 1. The standard InChI is InChI=1S/C8H13NO5S/c1-6(10)9-8(7(11)12)2-4-15(13,14)5-3-8/h2-5H2,1H3,(H,9,10)(H,11,12). The van der Waals surface area contributed by atoms with Crippen LogP contribution in [-0.4, -0.2) is 42.4 Å². The third-order valence-corrected chi connectivity index (χ3v) is 4.16. The van der Waals surface area contributed by atoms with Gasteiger partial charge >= 0.3 is 5.97 Å². The smallest absolute Gasteiger partial charge is 0.329 e. The van der Waals surface area contributed by atoms with Gasteiger partial charge in [-0.3, -0.25) is 4.79 Å². The summed E-state index contributed by atoms with van der Waals surface area (Å²) in [6.45, 7) is 1.22. The van der Waals surface area contributed by atoms with Gasteiger partial charge in [-0.2, -0.15) is 0 Å². The second-order valence-corrected chi connectivity index (χ2v) is 6.02. The lowest BCUT2D eigenvalue weighted by atomic mass is 9.92. The SMILES string of the molecule is CC(=O)NC1(C(=O)O)CCS(=O)(=O)CC1. The molecule has 0 aromatic rings. The first-order valence-electron chi connectivity index (χ1n) is 4.50. The maximum atomic E-state index is 11.1. The Morgan fingerprint density at radius 2 is 1.73 bits per heavy atom. The number of nitrogens with one attached hydrogen (secondary N) is 1. The number of carbonyl (C=O) groups excluding carboxylic acids is 1. The van der Waals surface area contributed by atoms with Crippen LogP contribution in [0.3, 0.4) is 0 Å². The van der Waals surface area contributed by atoms with Crippen LogP contribution in [0.2, 0.25) is 0 Å². The Hall–Kier alpha value is -1.11. The molecule has 1 heterocycles. The normalized spacial score (nSPS) is 23.0. The molecule has 1 saturated heterocycles. The molecule has 0 spiro atoms. The van der Waals surface area contributed by atoms with Gasteiger partial charge in [-0.25, -0.2) is 13.2 Å². The Kier molecular flexibility index (Phi) is 3.03. The molecular formula is C8H13NO5S. The van der Waals surface area contributed by atoms with E-state index in [1.54, 1.807) is 0 Å². The Labute approximate surface area is 87.6 Å². The van der Waals surface area contributed by atoms with E-state index in [0.29, 0.717) is 0 Å². The van der Waals surface area contributed by atoms with E-state index in [4.69, 9.17) is 5.11 Å². The molecule has 0 aromatic carbocycles. The predicted octanol–water partition coefficient (Wildman–Crippen LogP) is -0.845. The molecule has 0 bridgehead atoms. The lowest BCUT2D eigenvalue weighted by molar-refractivity contribution is -0.147. The molecule has 0 saturated carbocycles. The third-order valence-electron chi connectivity index (χ3n) is 2.50. The molecule has 1 rings (SSSR count). The topological polar surface area (TPSA) is 101 Å². The zero-order valence-electron chi connectivity index (χ0n) is 8.32. The molecule has 0 aliphatic carbocycles. The molecule has 2 N–H and O–H groups in total. The van der Waals surface area contributed by atoms with Crippen molar-refractivity contribution >= 4 is 21.7 Å². The fourth-order valence-electron chi connectivity index (χ4n) is 1.62. The summed E-state index contributed by atoms with van der Waals surface area (Å²) in [5.41, 5.74) is -1.41. The molecule has 0 atom stereocenters. The zero-order chi connectivity index (χ0) is 11.7. The first kappa shape index (κ1) is 12.0. The molecule has 7 heteroatoms. The predicted molar refractivity (Wildman–Crippen MR) is 52.1 cm³/mol. The van der Waals surface area contributed by atoms with E-state index < -0.39 is 27.3 Å². The first-order chi connectivity index (χ1) is 6.77. The van der Waals surface area contributed by atoms with Crippen LogP contribution in [0.4, 0.5) is 0 Å². The van der Waals surface area contributed by atoms with Crippen molar-refractivity contribution < 1.29 is 23.1 Å². The van der Waals surface area contributed by atoms with Crippen molar-refractivity contribution in [1.29, 1.82) is 0 Å². The molecule has 1 aliphatic heterocycles. The van der Waals surface area contributed by atoms with Crippen LogP contribution >= 0.6 is 0 Å². The van der Waals surface area contributed by atoms with Gasteiger partial charge in [0.05, 0.1) is 11.5 Å². The van der Waals surface area contributed by atoms with Crippen molar-refractivity contribution in [2.24, 2.45) is 0 Å². The van der Waals surface area contributed by atoms with Crippen LogP contribution < -0.4 is 5.32 Å². The van der Waals surface area contributed by atoms with Crippen LogP contribution in [0.1, 0.15) is 19.8 Å². The largest absolute Gasteiger partial charge is 0.480 e. The monoisotopic (exact) mass is 235 g/mol. The van der Waals surface area contributed by atoms with E-state index >= 15 is 0 Å². The van der Waals surface area contributed by atoms with Gasteiger partial charge in [0.25, 0.3) is 0 Å². The highest BCUT2D eigenvalue weighted by atomic mass is 32.2. The second-order valence-electron chi connectivity index (χ2n) is 3.72. The average molecular weight is 235 g/mol. The summed E-state index contributed by atoms with van der Waals surface area (Å²) in [6.07, 6.45) is -0.130. The molecule has 1 aliphatic rings. The molecule has 15 heavy (non-hydrogen) atoms. The van der Waals surface area contributed by atoms with Crippen molar-refractivity contribution in [2.75, 3.05) is 11.5 Å². The van der Waals surface area contributed by atoms with Gasteiger partial charge in [0.1, 0.15) is 5.54 Å². The molecule has 0 radical (unpaired) electrons. The molecule has 0 aromatic heterocycles. The van der Waals surface area contributed by atoms with Gasteiger partial charge in [0.15, 0.2) is 9.84 Å². The Morgan fingerprint density at radius 3 is 2.07 bits per heavy atom. The first-order valence-corrected chi connectivity index (χ1v) is 6.32. The van der Waals surface area contributed by atoms with Crippen molar-refractivity contribution in [2.45, 2.75) is 25.3 Å². The van der Waals surface area contributed by atoms with Gasteiger partial charge in [-0.15, -0.1) is 0 Å². The lowest BCUT2D eigenvalue weighted by Gasteiger charge is -2.33. The van der Waals surface area contributed by atoms with E-state index in [1.807, 2.05) is 0 Å². The minimum Gasteiger partial charge on any atom is -0.480 e. The minimum absolute atomic E-state index is 0.0652. The van der Waals surface area contributed by atoms with Crippen LogP contribution in [0.15, 0.2) is 0 Å². The van der Waals surface area contributed by atoms with Crippen LogP contribution in [0, 0.1) is 0 Å². The van der Waals surface area contributed by atoms with E-state index in [-0.39, 0.29) is 24.3 Å². The van der Waals surface area contributed by atoms with E-state index in [1.165, 1.54) is 6.92 Å². The highest BCUT2D eigenvalue weighted by Gasteiger charge is 2.44. The molecule has 6 nitrogen and oxygen atoms in total. The summed E-state index contributed by atoms with van der Waals surface area (Å²) in [6, 6.07) is 0. The second kappa shape index (κ2) is 3.80. The lowest BCUT2D eigenvalue weighted by Crippen LogP contribution is -2.57. The summed E-state index contributed by atoms with van der Waals surface area (Å²) in [5, 5.41) is 11.3.